The monoisotopic (exact) mass is 304 g/mol. The van der Waals surface area contributed by atoms with Crippen molar-refractivity contribution in [2.24, 2.45) is 5.41 Å². The molecule has 0 aromatic rings. The van der Waals surface area contributed by atoms with Gasteiger partial charge in [-0.1, -0.05) is 13.3 Å². The highest BCUT2D eigenvalue weighted by molar-refractivity contribution is 7.86. The number of hydrogen-bond acceptors (Lipinski definition) is 3. The summed E-state index contributed by atoms with van der Waals surface area (Å²) in [5.41, 5.74) is -0.916. The van der Waals surface area contributed by atoms with E-state index in [2.05, 4.69) is 0 Å². The molecular weight excluding hydrogens is 280 g/mol. The smallest absolute Gasteiger partial charge is 0.310 e. The molecule has 2 heterocycles. The van der Waals surface area contributed by atoms with Crippen molar-refractivity contribution in [3.63, 3.8) is 0 Å². The summed E-state index contributed by atoms with van der Waals surface area (Å²) in [7, 11) is -3.50. The average Bonchev–Trinajstić information content (AvgIpc) is 2.48. The maximum atomic E-state index is 12.6. The van der Waals surface area contributed by atoms with Gasteiger partial charge < -0.3 is 5.11 Å². The number of carboxylic acid groups (broad SMARTS) is 1. The zero-order valence-electron chi connectivity index (χ0n) is 12.0. The van der Waals surface area contributed by atoms with Crippen LogP contribution in [-0.2, 0) is 15.0 Å². The number of aliphatic carboxylic acids is 1. The lowest BCUT2D eigenvalue weighted by Crippen LogP contribution is -2.54. The number of carboxylic acids is 1. The summed E-state index contributed by atoms with van der Waals surface area (Å²) in [5.74, 6) is -0.876. The van der Waals surface area contributed by atoms with Gasteiger partial charge in [-0.15, -0.1) is 0 Å². The van der Waals surface area contributed by atoms with Crippen LogP contribution in [0, 0.1) is 5.41 Å². The fourth-order valence-corrected chi connectivity index (χ4v) is 4.98. The van der Waals surface area contributed by atoms with Crippen LogP contribution in [-0.4, -0.2) is 54.3 Å². The summed E-state index contributed by atoms with van der Waals surface area (Å²) < 4.78 is 28.2. The second-order valence-electron chi connectivity index (χ2n) is 5.84. The fourth-order valence-electron chi connectivity index (χ4n) is 3.16. The van der Waals surface area contributed by atoms with E-state index in [0.29, 0.717) is 38.9 Å². The Morgan fingerprint density at radius 1 is 1.10 bits per heavy atom. The van der Waals surface area contributed by atoms with E-state index in [4.69, 9.17) is 0 Å². The van der Waals surface area contributed by atoms with Crippen molar-refractivity contribution in [2.45, 2.75) is 45.4 Å². The van der Waals surface area contributed by atoms with Crippen molar-refractivity contribution in [2.75, 3.05) is 26.2 Å². The molecule has 20 heavy (non-hydrogen) atoms. The molecule has 2 aliphatic heterocycles. The van der Waals surface area contributed by atoms with Crippen molar-refractivity contribution in [1.82, 2.24) is 8.61 Å². The van der Waals surface area contributed by atoms with E-state index in [1.165, 1.54) is 8.61 Å². The van der Waals surface area contributed by atoms with Crippen LogP contribution in [0.1, 0.15) is 45.4 Å². The topological polar surface area (TPSA) is 77.9 Å². The molecule has 0 radical (unpaired) electrons. The largest absolute Gasteiger partial charge is 0.481 e. The van der Waals surface area contributed by atoms with Crippen molar-refractivity contribution in [3.05, 3.63) is 0 Å². The second kappa shape index (κ2) is 5.99. The normalized spacial score (nSPS) is 30.2. The van der Waals surface area contributed by atoms with Gasteiger partial charge in [0.2, 0.25) is 0 Å². The third kappa shape index (κ3) is 2.84. The molecule has 7 heteroatoms. The molecule has 0 amide bonds. The molecule has 0 spiro atoms. The van der Waals surface area contributed by atoms with Crippen molar-refractivity contribution >= 4 is 16.2 Å². The highest BCUT2D eigenvalue weighted by Gasteiger charge is 2.45. The molecule has 6 nitrogen and oxygen atoms in total. The van der Waals surface area contributed by atoms with Crippen molar-refractivity contribution in [1.29, 1.82) is 0 Å². The van der Waals surface area contributed by atoms with E-state index >= 15 is 0 Å². The molecular formula is C13H24N2O4S. The Kier molecular flexibility index (Phi) is 4.71. The van der Waals surface area contributed by atoms with Gasteiger partial charge in [0, 0.05) is 26.2 Å². The molecule has 0 saturated carbocycles. The van der Waals surface area contributed by atoms with Gasteiger partial charge >= 0.3 is 5.97 Å². The van der Waals surface area contributed by atoms with Crippen LogP contribution in [0.2, 0.25) is 0 Å². The maximum absolute atomic E-state index is 12.6. The van der Waals surface area contributed by atoms with Crippen LogP contribution < -0.4 is 0 Å². The minimum Gasteiger partial charge on any atom is -0.481 e. The molecule has 2 fully saturated rings. The van der Waals surface area contributed by atoms with Crippen LogP contribution in [0.3, 0.4) is 0 Å². The summed E-state index contributed by atoms with van der Waals surface area (Å²) in [5, 5.41) is 9.45. The number of rotatable bonds is 4. The first-order chi connectivity index (χ1) is 9.42. The highest BCUT2D eigenvalue weighted by atomic mass is 32.2. The number of carbonyl (C=O) groups is 1. The van der Waals surface area contributed by atoms with Gasteiger partial charge in [0.15, 0.2) is 0 Å². The van der Waals surface area contributed by atoms with E-state index in [1.807, 2.05) is 6.92 Å². The van der Waals surface area contributed by atoms with Crippen LogP contribution in [0.5, 0.6) is 0 Å². The van der Waals surface area contributed by atoms with Crippen LogP contribution in [0.25, 0.3) is 0 Å². The third-order valence-corrected chi connectivity index (χ3v) is 6.62. The fraction of sp³-hybridized carbons (Fsp3) is 0.923. The minimum absolute atomic E-state index is 0.109. The van der Waals surface area contributed by atoms with Gasteiger partial charge in [0.05, 0.1) is 5.41 Å². The van der Waals surface area contributed by atoms with E-state index in [1.54, 1.807) is 0 Å². The van der Waals surface area contributed by atoms with Gasteiger partial charge in [0.1, 0.15) is 0 Å². The zero-order valence-corrected chi connectivity index (χ0v) is 12.9. The molecule has 0 aromatic heterocycles. The first-order valence-electron chi connectivity index (χ1n) is 7.41. The standard InChI is InChI=1S/C13H24N2O4S/c1-2-13(12(16)17)7-6-10-15(11-13)20(18,19)14-8-4-3-5-9-14/h2-11H2,1H3,(H,16,17). The minimum atomic E-state index is -3.50. The molecule has 116 valence electrons. The summed E-state index contributed by atoms with van der Waals surface area (Å²) in [4.78, 5) is 11.5. The van der Waals surface area contributed by atoms with Gasteiger partial charge in [-0.3, -0.25) is 4.79 Å². The zero-order chi connectivity index (χ0) is 14.8. The number of piperidine rings is 2. The molecule has 1 N–H and O–H groups in total. The third-order valence-electron chi connectivity index (χ3n) is 4.64. The molecule has 0 aliphatic carbocycles. The Balaban J connectivity index is 2.17. The first-order valence-corrected chi connectivity index (χ1v) is 8.81. The quantitative estimate of drug-likeness (QED) is 0.849. The average molecular weight is 304 g/mol. The van der Waals surface area contributed by atoms with E-state index in [9.17, 15) is 18.3 Å². The molecule has 1 unspecified atom stereocenters. The Labute approximate surface area is 120 Å². The van der Waals surface area contributed by atoms with Crippen LogP contribution in [0.15, 0.2) is 0 Å². The van der Waals surface area contributed by atoms with Crippen LogP contribution in [0.4, 0.5) is 0 Å². The van der Waals surface area contributed by atoms with E-state index in [0.717, 1.165) is 19.3 Å². The maximum Gasteiger partial charge on any atom is 0.310 e. The lowest BCUT2D eigenvalue weighted by atomic mass is 9.78. The summed E-state index contributed by atoms with van der Waals surface area (Å²) >= 11 is 0. The number of hydrogen-bond donors (Lipinski definition) is 1. The van der Waals surface area contributed by atoms with Crippen LogP contribution >= 0.6 is 0 Å². The Hall–Kier alpha value is -0.660. The molecule has 0 bridgehead atoms. The predicted molar refractivity (Wildman–Crippen MR) is 75.5 cm³/mol. The SMILES string of the molecule is CCC1(C(=O)O)CCCN(S(=O)(=O)N2CCCCC2)C1. The molecule has 2 saturated heterocycles. The summed E-state index contributed by atoms with van der Waals surface area (Å²) in [6.07, 6.45) is 4.50. The Morgan fingerprint density at radius 2 is 1.70 bits per heavy atom. The molecule has 2 rings (SSSR count). The van der Waals surface area contributed by atoms with Crippen molar-refractivity contribution < 1.29 is 18.3 Å². The number of nitrogens with zero attached hydrogens (tertiary/aromatic N) is 2. The predicted octanol–water partition coefficient (Wildman–Crippen LogP) is 1.29. The summed E-state index contributed by atoms with van der Waals surface area (Å²) in [6.45, 7) is 3.49. The lowest BCUT2D eigenvalue weighted by Gasteiger charge is -2.41. The van der Waals surface area contributed by atoms with Gasteiger partial charge in [-0.05, 0) is 32.1 Å². The summed E-state index contributed by atoms with van der Waals surface area (Å²) in [6, 6.07) is 0. The highest BCUT2D eigenvalue weighted by Crippen LogP contribution is 2.35. The Morgan fingerprint density at radius 3 is 2.25 bits per heavy atom. The second-order valence-corrected chi connectivity index (χ2v) is 7.77. The first kappa shape index (κ1) is 15.7. The lowest BCUT2D eigenvalue weighted by molar-refractivity contribution is -0.151. The Bertz CT molecular complexity index is 459. The van der Waals surface area contributed by atoms with E-state index in [-0.39, 0.29) is 6.54 Å². The molecule has 2 aliphatic rings. The van der Waals surface area contributed by atoms with E-state index < -0.39 is 21.6 Å². The molecule has 1 atom stereocenters. The molecule has 0 aromatic carbocycles. The van der Waals surface area contributed by atoms with Crippen molar-refractivity contribution in [3.8, 4) is 0 Å². The van der Waals surface area contributed by atoms with Gasteiger partial charge in [0.25, 0.3) is 10.2 Å². The van der Waals surface area contributed by atoms with Gasteiger partial charge in [-0.25, -0.2) is 0 Å². The van der Waals surface area contributed by atoms with Gasteiger partial charge in [-0.2, -0.15) is 17.0 Å².